The van der Waals surface area contributed by atoms with E-state index in [-0.39, 0.29) is 17.9 Å². The van der Waals surface area contributed by atoms with Crippen LogP contribution in [-0.4, -0.2) is 19.4 Å². The molecule has 0 radical (unpaired) electrons. The van der Waals surface area contributed by atoms with Gasteiger partial charge in [0.1, 0.15) is 11.8 Å². The lowest BCUT2D eigenvalue weighted by Crippen LogP contribution is -2.57. The predicted molar refractivity (Wildman–Crippen MR) is 90.1 cm³/mol. The number of aromatic nitrogens is 1. The highest BCUT2D eigenvalue weighted by Gasteiger charge is 2.53. The summed E-state index contributed by atoms with van der Waals surface area (Å²) in [5.74, 6) is 0.446. The van der Waals surface area contributed by atoms with Crippen LogP contribution in [0.3, 0.4) is 0 Å². The molecular formula is C18H17N3O2S. The van der Waals surface area contributed by atoms with Gasteiger partial charge in [0.2, 0.25) is 0 Å². The molecule has 3 atom stereocenters. The molecule has 0 spiro atoms. The fraction of sp³-hybridized carbons (Fsp3) is 0.333. The van der Waals surface area contributed by atoms with E-state index in [1.54, 1.807) is 24.3 Å². The smallest absolute Gasteiger partial charge is 0.261 e. The van der Waals surface area contributed by atoms with Crippen LogP contribution in [0.2, 0.25) is 0 Å². The number of nitriles is 1. The van der Waals surface area contributed by atoms with E-state index >= 15 is 0 Å². The van der Waals surface area contributed by atoms with Gasteiger partial charge in [0, 0.05) is 12.0 Å². The van der Waals surface area contributed by atoms with Crippen LogP contribution in [0.25, 0.3) is 0 Å². The third kappa shape index (κ3) is 1.98. The normalized spacial score (nSPS) is 24.7. The van der Waals surface area contributed by atoms with E-state index in [1.165, 1.54) is 4.31 Å². The molecule has 0 saturated heterocycles. The number of pyridine rings is 1. The molecule has 5 rings (SSSR count). The van der Waals surface area contributed by atoms with Gasteiger partial charge in [-0.05, 0) is 43.5 Å². The molecule has 1 aliphatic carbocycles. The number of anilines is 1. The summed E-state index contributed by atoms with van der Waals surface area (Å²) in [5.41, 5.74) is 2.71. The van der Waals surface area contributed by atoms with Gasteiger partial charge in [0.05, 0.1) is 16.3 Å². The van der Waals surface area contributed by atoms with Crippen LogP contribution in [0.4, 0.5) is 5.69 Å². The molecule has 1 aromatic carbocycles. The Morgan fingerprint density at radius 2 is 1.92 bits per heavy atom. The highest BCUT2D eigenvalue weighted by molar-refractivity contribution is 7.92. The molecule has 2 bridgehead atoms. The molecule has 24 heavy (non-hydrogen) atoms. The summed E-state index contributed by atoms with van der Waals surface area (Å²) >= 11 is 0. The van der Waals surface area contributed by atoms with Gasteiger partial charge >= 0.3 is 0 Å². The highest BCUT2D eigenvalue weighted by Crippen LogP contribution is 2.54. The summed E-state index contributed by atoms with van der Waals surface area (Å²) in [6, 6.07) is 12.2. The second-order valence-corrected chi connectivity index (χ2v) is 8.41. The van der Waals surface area contributed by atoms with E-state index in [0.717, 1.165) is 17.7 Å². The van der Waals surface area contributed by atoms with Gasteiger partial charge in [0.25, 0.3) is 10.0 Å². The molecule has 3 unspecified atom stereocenters. The summed E-state index contributed by atoms with van der Waals surface area (Å²) in [7, 11) is -3.65. The second kappa shape index (κ2) is 5.05. The Morgan fingerprint density at radius 1 is 1.21 bits per heavy atom. The van der Waals surface area contributed by atoms with Crippen molar-refractivity contribution in [2.24, 2.45) is 5.92 Å². The van der Waals surface area contributed by atoms with Gasteiger partial charge in [-0.25, -0.2) is 13.4 Å². The van der Waals surface area contributed by atoms with Crippen LogP contribution in [0, 0.1) is 24.2 Å². The third-order valence-corrected chi connectivity index (χ3v) is 7.07. The van der Waals surface area contributed by atoms with E-state index < -0.39 is 10.0 Å². The molecule has 0 N–H and O–H groups in total. The quantitative estimate of drug-likeness (QED) is 0.843. The molecule has 2 aliphatic heterocycles. The maximum atomic E-state index is 13.2. The molecule has 6 heteroatoms. The van der Waals surface area contributed by atoms with Crippen molar-refractivity contribution < 1.29 is 8.42 Å². The zero-order chi connectivity index (χ0) is 17.1. The van der Waals surface area contributed by atoms with E-state index in [4.69, 9.17) is 5.26 Å². The van der Waals surface area contributed by atoms with Gasteiger partial charge in [-0.15, -0.1) is 0 Å². The maximum absolute atomic E-state index is 13.2. The van der Waals surface area contributed by atoms with Crippen molar-refractivity contribution in [3.8, 4) is 6.07 Å². The Hall–Kier alpha value is -2.39. The van der Waals surface area contributed by atoms with Crippen LogP contribution in [0.5, 0.6) is 0 Å². The lowest BCUT2D eigenvalue weighted by Gasteiger charge is -2.53. The average molecular weight is 339 g/mol. The summed E-state index contributed by atoms with van der Waals surface area (Å²) in [6.07, 6.45) is 0.765. The van der Waals surface area contributed by atoms with Gasteiger partial charge in [-0.2, -0.15) is 5.26 Å². The number of rotatable bonds is 2. The molecule has 5 nitrogen and oxygen atoms in total. The Morgan fingerprint density at radius 3 is 2.54 bits per heavy atom. The Bertz CT molecular complexity index is 961. The first-order valence-corrected chi connectivity index (χ1v) is 9.39. The minimum Gasteiger partial charge on any atom is -0.261 e. The summed E-state index contributed by atoms with van der Waals surface area (Å²) < 4.78 is 28.0. The van der Waals surface area contributed by atoms with E-state index in [1.807, 2.05) is 25.1 Å². The van der Waals surface area contributed by atoms with E-state index in [0.29, 0.717) is 16.3 Å². The fourth-order valence-electron chi connectivity index (χ4n) is 3.73. The van der Waals surface area contributed by atoms with Gasteiger partial charge in [-0.3, -0.25) is 4.31 Å². The van der Waals surface area contributed by atoms with Crippen molar-refractivity contribution in [2.45, 2.75) is 37.1 Å². The minimum absolute atomic E-state index is 0.0384. The molecule has 1 fully saturated rings. The van der Waals surface area contributed by atoms with Crippen LogP contribution in [0.15, 0.2) is 41.3 Å². The molecular weight excluding hydrogens is 322 g/mol. The lowest BCUT2D eigenvalue weighted by molar-refractivity contribution is 0.209. The maximum Gasteiger partial charge on any atom is 0.264 e. The summed E-state index contributed by atoms with van der Waals surface area (Å²) in [4.78, 5) is 4.70. The highest BCUT2D eigenvalue weighted by atomic mass is 32.2. The van der Waals surface area contributed by atoms with Crippen LogP contribution in [0.1, 0.15) is 36.2 Å². The monoisotopic (exact) mass is 339 g/mol. The van der Waals surface area contributed by atoms with E-state index in [9.17, 15) is 8.42 Å². The van der Waals surface area contributed by atoms with Crippen LogP contribution >= 0.6 is 0 Å². The first kappa shape index (κ1) is 15.2. The van der Waals surface area contributed by atoms with E-state index in [2.05, 4.69) is 11.9 Å². The Kier molecular flexibility index (Phi) is 3.19. The fourth-order valence-corrected chi connectivity index (χ4v) is 5.49. The van der Waals surface area contributed by atoms with Crippen LogP contribution < -0.4 is 4.31 Å². The molecule has 3 aliphatic rings. The lowest BCUT2D eigenvalue weighted by atomic mass is 9.65. The third-order valence-electron chi connectivity index (χ3n) is 5.22. The van der Waals surface area contributed by atoms with Crippen molar-refractivity contribution in [1.29, 1.82) is 5.26 Å². The Labute approximate surface area is 141 Å². The number of benzene rings is 1. The average Bonchev–Trinajstić information content (AvgIpc) is 2.59. The van der Waals surface area contributed by atoms with Crippen molar-refractivity contribution in [1.82, 2.24) is 4.98 Å². The molecule has 3 heterocycles. The predicted octanol–water partition coefficient (Wildman–Crippen LogP) is 2.96. The molecule has 2 aromatic rings. The van der Waals surface area contributed by atoms with Gasteiger partial charge < -0.3 is 0 Å². The van der Waals surface area contributed by atoms with Gasteiger partial charge in [0.15, 0.2) is 0 Å². The Balaban J connectivity index is 1.87. The van der Waals surface area contributed by atoms with Crippen molar-refractivity contribution in [2.75, 3.05) is 4.31 Å². The first-order valence-electron chi connectivity index (χ1n) is 7.95. The summed E-state index contributed by atoms with van der Waals surface area (Å²) in [6.45, 7) is 3.98. The number of hydrogen-bond donors (Lipinski definition) is 0. The SMILES string of the molecule is Cc1ccc(S(=O)(=O)N2c3ccc(C#N)nc3C3CC2C3C)cc1. The molecule has 1 saturated carbocycles. The minimum atomic E-state index is -3.65. The largest absolute Gasteiger partial charge is 0.264 e. The zero-order valence-electron chi connectivity index (χ0n) is 13.5. The number of nitrogens with zero attached hydrogens (tertiary/aromatic N) is 3. The topological polar surface area (TPSA) is 74.1 Å². The molecule has 122 valence electrons. The number of hydrogen-bond acceptors (Lipinski definition) is 4. The van der Waals surface area contributed by atoms with Crippen molar-refractivity contribution in [3.63, 3.8) is 0 Å². The second-order valence-electron chi connectivity index (χ2n) is 6.60. The summed E-state index contributed by atoms with van der Waals surface area (Å²) in [5, 5.41) is 9.09. The first-order chi connectivity index (χ1) is 11.4. The molecule has 1 aromatic heterocycles. The van der Waals surface area contributed by atoms with Crippen LogP contribution in [-0.2, 0) is 10.0 Å². The standard InChI is InChI=1S/C18H17N3O2S/c1-11-3-6-14(7-4-11)24(22,23)21-16-8-5-13(10-19)20-18(16)15-9-17(21)12(15)2/h3-8,12,15,17H,9H2,1-2H3. The van der Waals surface area contributed by atoms with Gasteiger partial charge in [-0.1, -0.05) is 24.6 Å². The number of sulfonamides is 1. The van der Waals surface area contributed by atoms with Crippen molar-refractivity contribution >= 4 is 15.7 Å². The molecule has 0 amide bonds. The van der Waals surface area contributed by atoms with Crippen molar-refractivity contribution in [3.05, 3.63) is 53.3 Å². The zero-order valence-corrected chi connectivity index (χ0v) is 14.3. The number of aryl methyl sites for hydroxylation is 1.